The van der Waals surface area contributed by atoms with Crippen molar-refractivity contribution in [3.63, 3.8) is 0 Å². The molecule has 7 heteroatoms. The van der Waals surface area contributed by atoms with Crippen LogP contribution < -0.4 is 15.5 Å². The predicted octanol–water partition coefficient (Wildman–Crippen LogP) is 5.34. The van der Waals surface area contributed by atoms with Crippen molar-refractivity contribution in [3.8, 4) is 11.8 Å². The number of para-hydroxylation sites is 1. The van der Waals surface area contributed by atoms with Gasteiger partial charge in [0.25, 0.3) is 0 Å². The van der Waals surface area contributed by atoms with E-state index in [1.54, 1.807) is 17.4 Å². The molecule has 34 heavy (non-hydrogen) atoms. The number of hydrogen-bond acceptors (Lipinski definition) is 6. The Labute approximate surface area is 204 Å². The smallest absolute Gasteiger partial charge is 0.321 e. The molecule has 0 bridgehead atoms. The molecule has 1 unspecified atom stereocenters. The van der Waals surface area contributed by atoms with Crippen LogP contribution in [0.25, 0.3) is 12.3 Å². The number of anilines is 1. The molecule has 0 amide bonds. The maximum absolute atomic E-state index is 11.0. The SMILES string of the molecule is Cc1cc(C#Cc2cccs2)ccc1N1C=c2ccccc2=NC1/C=C/c1ccc([N+](=O)[O-])s1. The minimum atomic E-state index is -0.365. The van der Waals surface area contributed by atoms with E-state index in [1.807, 2.05) is 60.0 Å². The Morgan fingerprint density at radius 2 is 1.97 bits per heavy atom. The summed E-state index contributed by atoms with van der Waals surface area (Å²) >= 11 is 2.78. The summed E-state index contributed by atoms with van der Waals surface area (Å²) in [7, 11) is 0. The van der Waals surface area contributed by atoms with Gasteiger partial charge in [0.15, 0.2) is 0 Å². The van der Waals surface area contributed by atoms with E-state index in [9.17, 15) is 10.1 Å². The Hall–Kier alpha value is -3.99. The van der Waals surface area contributed by atoms with Crippen LogP contribution in [0.3, 0.4) is 0 Å². The zero-order valence-corrected chi connectivity index (χ0v) is 19.8. The normalized spacial score (nSPS) is 14.6. The number of thiophene rings is 2. The van der Waals surface area contributed by atoms with E-state index in [2.05, 4.69) is 42.0 Å². The van der Waals surface area contributed by atoms with Gasteiger partial charge in [-0.1, -0.05) is 47.4 Å². The molecule has 0 spiro atoms. The van der Waals surface area contributed by atoms with Gasteiger partial charge in [0.05, 0.1) is 15.2 Å². The molecule has 0 aliphatic carbocycles. The van der Waals surface area contributed by atoms with Gasteiger partial charge >= 0.3 is 5.00 Å². The molecule has 2 aromatic heterocycles. The zero-order chi connectivity index (χ0) is 23.5. The van der Waals surface area contributed by atoms with Crippen molar-refractivity contribution < 1.29 is 4.92 Å². The molecule has 0 fully saturated rings. The minimum Gasteiger partial charge on any atom is -0.321 e. The first-order valence-electron chi connectivity index (χ1n) is 10.6. The molecule has 0 radical (unpaired) electrons. The lowest BCUT2D eigenvalue weighted by Crippen LogP contribution is -2.41. The Morgan fingerprint density at radius 1 is 1.09 bits per heavy atom. The van der Waals surface area contributed by atoms with Gasteiger partial charge in [0.1, 0.15) is 6.17 Å². The van der Waals surface area contributed by atoms with E-state index >= 15 is 0 Å². The van der Waals surface area contributed by atoms with Crippen LogP contribution in [-0.4, -0.2) is 11.1 Å². The Balaban J connectivity index is 1.50. The van der Waals surface area contributed by atoms with Crippen molar-refractivity contribution >= 4 is 45.6 Å². The number of aryl methyl sites for hydroxylation is 1. The van der Waals surface area contributed by atoms with Crippen molar-refractivity contribution in [1.82, 2.24) is 0 Å². The first-order valence-corrected chi connectivity index (χ1v) is 12.3. The van der Waals surface area contributed by atoms with Crippen molar-refractivity contribution in [2.75, 3.05) is 4.90 Å². The maximum atomic E-state index is 11.0. The van der Waals surface area contributed by atoms with E-state index in [1.165, 1.54) is 6.07 Å². The van der Waals surface area contributed by atoms with Gasteiger partial charge < -0.3 is 4.90 Å². The molecule has 0 N–H and O–H groups in total. The van der Waals surface area contributed by atoms with Gasteiger partial charge in [-0.15, -0.1) is 11.3 Å². The third-order valence-electron chi connectivity index (χ3n) is 5.32. The van der Waals surface area contributed by atoms with Gasteiger partial charge in [-0.25, -0.2) is 0 Å². The number of rotatable bonds is 4. The fourth-order valence-corrected chi connectivity index (χ4v) is 5.02. The molecule has 0 saturated carbocycles. The summed E-state index contributed by atoms with van der Waals surface area (Å²) in [5.41, 5.74) is 3.09. The second-order valence-electron chi connectivity index (χ2n) is 7.66. The lowest BCUT2D eigenvalue weighted by atomic mass is 10.1. The number of hydrogen-bond donors (Lipinski definition) is 0. The zero-order valence-electron chi connectivity index (χ0n) is 18.2. The van der Waals surface area contributed by atoms with Gasteiger partial charge in [0.2, 0.25) is 0 Å². The highest BCUT2D eigenvalue weighted by atomic mass is 32.1. The first-order chi connectivity index (χ1) is 16.6. The Kier molecular flexibility index (Phi) is 6.09. The third-order valence-corrected chi connectivity index (χ3v) is 7.11. The summed E-state index contributed by atoms with van der Waals surface area (Å²) in [6, 6.07) is 21.5. The summed E-state index contributed by atoms with van der Waals surface area (Å²) in [5.74, 6) is 6.45. The quantitative estimate of drug-likeness (QED) is 0.225. The summed E-state index contributed by atoms with van der Waals surface area (Å²) < 4.78 is 0. The van der Waals surface area contributed by atoms with Gasteiger partial charge in [-0.3, -0.25) is 15.1 Å². The number of nitro groups is 1. The molecular formula is C27H19N3O2S2. The predicted molar refractivity (Wildman–Crippen MR) is 139 cm³/mol. The molecular weight excluding hydrogens is 462 g/mol. The molecule has 1 aliphatic heterocycles. The molecule has 3 heterocycles. The van der Waals surface area contributed by atoms with Crippen LogP contribution in [0.1, 0.15) is 20.9 Å². The van der Waals surface area contributed by atoms with E-state index < -0.39 is 0 Å². The van der Waals surface area contributed by atoms with Gasteiger partial charge in [-0.2, -0.15) is 0 Å². The molecule has 5 rings (SSSR count). The van der Waals surface area contributed by atoms with Gasteiger partial charge in [0, 0.05) is 33.6 Å². The number of fused-ring (bicyclic) bond motifs is 1. The fraction of sp³-hybridized carbons (Fsp3) is 0.0741. The highest BCUT2D eigenvalue weighted by molar-refractivity contribution is 7.16. The molecule has 166 valence electrons. The summed E-state index contributed by atoms with van der Waals surface area (Å²) in [5, 5.41) is 15.1. The molecule has 0 saturated heterocycles. The average Bonchev–Trinajstić information content (AvgIpc) is 3.53. The maximum Gasteiger partial charge on any atom is 0.324 e. The summed E-state index contributed by atoms with van der Waals surface area (Å²) in [6.07, 6.45) is 5.70. The van der Waals surface area contributed by atoms with Crippen molar-refractivity contribution in [3.05, 3.63) is 120 Å². The standard InChI is InChI=1S/C27H19N3O2S2/c1-19-17-20(8-10-22-6-4-16-33-22)9-13-25(19)29-18-21-5-2-3-7-24(21)28-26(29)14-11-23-12-15-27(34-23)30(31)32/h2-7,9,11-18,26H,1H3/b14-11+. The van der Waals surface area contributed by atoms with Crippen LogP contribution in [0.4, 0.5) is 10.7 Å². The topological polar surface area (TPSA) is 58.7 Å². The van der Waals surface area contributed by atoms with Crippen LogP contribution in [0, 0.1) is 28.9 Å². The third kappa shape index (κ3) is 4.69. The van der Waals surface area contributed by atoms with E-state index in [0.29, 0.717) is 0 Å². The lowest BCUT2D eigenvalue weighted by molar-refractivity contribution is -0.380. The molecule has 1 aliphatic rings. The van der Waals surface area contributed by atoms with Crippen LogP contribution >= 0.6 is 22.7 Å². The second-order valence-corrected chi connectivity index (χ2v) is 9.70. The van der Waals surface area contributed by atoms with Crippen molar-refractivity contribution in [2.24, 2.45) is 4.99 Å². The molecule has 5 nitrogen and oxygen atoms in total. The van der Waals surface area contributed by atoms with Crippen molar-refractivity contribution in [2.45, 2.75) is 13.1 Å². The Morgan fingerprint density at radius 3 is 2.74 bits per heavy atom. The van der Waals surface area contributed by atoms with E-state index in [-0.39, 0.29) is 16.1 Å². The average molecular weight is 482 g/mol. The number of benzene rings is 2. The Bertz CT molecular complexity index is 1570. The fourth-order valence-electron chi connectivity index (χ4n) is 3.71. The van der Waals surface area contributed by atoms with E-state index in [0.717, 1.165) is 48.5 Å². The monoisotopic (exact) mass is 481 g/mol. The summed E-state index contributed by atoms with van der Waals surface area (Å²) in [6.45, 7) is 2.07. The van der Waals surface area contributed by atoms with Crippen LogP contribution in [0.2, 0.25) is 0 Å². The largest absolute Gasteiger partial charge is 0.324 e. The van der Waals surface area contributed by atoms with E-state index in [4.69, 9.17) is 4.99 Å². The van der Waals surface area contributed by atoms with Crippen LogP contribution in [0.5, 0.6) is 0 Å². The van der Waals surface area contributed by atoms with Crippen LogP contribution in [-0.2, 0) is 0 Å². The first kappa shape index (κ1) is 21.8. The summed E-state index contributed by atoms with van der Waals surface area (Å²) in [4.78, 5) is 19.6. The molecule has 1 atom stereocenters. The van der Waals surface area contributed by atoms with Crippen molar-refractivity contribution in [1.29, 1.82) is 0 Å². The lowest BCUT2D eigenvalue weighted by Gasteiger charge is -2.29. The molecule has 4 aromatic rings. The minimum absolute atomic E-state index is 0.129. The number of nitrogens with zero attached hydrogens (tertiary/aromatic N) is 3. The van der Waals surface area contributed by atoms with Gasteiger partial charge in [-0.05, 0) is 66.4 Å². The van der Waals surface area contributed by atoms with Crippen LogP contribution in [0.15, 0.2) is 83.2 Å². The second kappa shape index (κ2) is 9.48. The molecule has 2 aromatic carbocycles. The highest BCUT2D eigenvalue weighted by Crippen LogP contribution is 2.28. The highest BCUT2D eigenvalue weighted by Gasteiger charge is 2.19.